The minimum Gasteiger partial charge on any atom is -0.355 e. The Morgan fingerprint density at radius 3 is 2.74 bits per heavy atom. The van der Waals surface area contributed by atoms with E-state index in [0.717, 1.165) is 18.4 Å². The van der Waals surface area contributed by atoms with Crippen molar-refractivity contribution in [3.8, 4) is 0 Å². The fraction of sp³-hybridized carbons (Fsp3) is 0.533. The molecule has 0 aromatic heterocycles. The first-order valence-electron chi connectivity index (χ1n) is 6.50. The van der Waals surface area contributed by atoms with Crippen LogP contribution in [-0.4, -0.2) is 18.3 Å². The highest BCUT2D eigenvalue weighted by Crippen LogP contribution is 2.21. The number of halogens is 2. The van der Waals surface area contributed by atoms with E-state index in [1.165, 1.54) is 0 Å². The lowest BCUT2D eigenvalue weighted by atomic mass is 9.88. The van der Waals surface area contributed by atoms with Gasteiger partial charge in [-0.05, 0) is 36.0 Å². The Bertz CT molecular complexity index is 418. The van der Waals surface area contributed by atoms with Gasteiger partial charge in [-0.3, -0.25) is 4.79 Å². The van der Waals surface area contributed by atoms with Crippen LogP contribution in [-0.2, 0) is 11.2 Å². The lowest BCUT2D eigenvalue weighted by Crippen LogP contribution is -2.34. The van der Waals surface area contributed by atoms with Gasteiger partial charge in [0, 0.05) is 17.4 Å². The molecule has 0 fully saturated rings. The molecular formula is C15H21Cl2NO. The lowest BCUT2D eigenvalue weighted by molar-refractivity contribution is -0.120. The first kappa shape index (κ1) is 16.3. The van der Waals surface area contributed by atoms with Gasteiger partial charge in [-0.25, -0.2) is 0 Å². The molecule has 19 heavy (non-hydrogen) atoms. The summed E-state index contributed by atoms with van der Waals surface area (Å²) in [6, 6.07) is 7.39. The third-order valence-corrected chi connectivity index (χ3v) is 3.51. The van der Waals surface area contributed by atoms with Gasteiger partial charge in [0.1, 0.15) is 0 Å². The van der Waals surface area contributed by atoms with Gasteiger partial charge in [-0.1, -0.05) is 37.6 Å². The average molecular weight is 302 g/mol. The maximum Gasteiger partial charge on any atom is 0.224 e. The molecule has 0 aliphatic carbocycles. The largest absolute Gasteiger partial charge is 0.355 e. The Morgan fingerprint density at radius 1 is 1.37 bits per heavy atom. The second kappa shape index (κ2) is 7.76. The summed E-state index contributed by atoms with van der Waals surface area (Å²) >= 11 is 11.6. The number of hydrogen-bond donors (Lipinski definition) is 1. The van der Waals surface area contributed by atoms with Crippen LogP contribution in [0.25, 0.3) is 0 Å². The normalized spacial score (nSPS) is 11.4. The van der Waals surface area contributed by atoms with Crippen molar-refractivity contribution in [1.82, 2.24) is 5.32 Å². The monoisotopic (exact) mass is 301 g/mol. The molecule has 0 bridgehead atoms. The second-order valence-electron chi connectivity index (χ2n) is 5.54. The summed E-state index contributed by atoms with van der Waals surface area (Å²) in [4.78, 5) is 11.9. The molecule has 1 aromatic rings. The standard InChI is InChI=1S/C15H21Cl2NO/c1-15(2,7-4-8-16)11-18-14(19)10-12-5-3-6-13(17)9-12/h3,5-6,9H,4,7-8,10-11H2,1-2H3,(H,18,19). The molecule has 1 rings (SSSR count). The summed E-state index contributed by atoms with van der Waals surface area (Å²) < 4.78 is 0. The smallest absolute Gasteiger partial charge is 0.224 e. The Balaban J connectivity index is 2.39. The zero-order valence-electron chi connectivity index (χ0n) is 11.5. The number of benzene rings is 1. The van der Waals surface area contributed by atoms with Gasteiger partial charge in [-0.2, -0.15) is 0 Å². The first-order chi connectivity index (χ1) is 8.93. The third kappa shape index (κ3) is 6.84. The molecule has 1 N–H and O–H groups in total. The Morgan fingerprint density at radius 2 is 2.11 bits per heavy atom. The molecular weight excluding hydrogens is 281 g/mol. The van der Waals surface area contributed by atoms with Gasteiger partial charge in [0.25, 0.3) is 0 Å². The number of hydrogen-bond acceptors (Lipinski definition) is 1. The molecule has 0 spiro atoms. The van der Waals surface area contributed by atoms with E-state index in [0.29, 0.717) is 23.9 Å². The van der Waals surface area contributed by atoms with Crippen LogP contribution in [0.4, 0.5) is 0 Å². The van der Waals surface area contributed by atoms with E-state index in [-0.39, 0.29) is 11.3 Å². The molecule has 0 atom stereocenters. The Labute approximate surface area is 125 Å². The van der Waals surface area contributed by atoms with Gasteiger partial charge in [0.15, 0.2) is 0 Å². The van der Waals surface area contributed by atoms with E-state index in [2.05, 4.69) is 19.2 Å². The maximum atomic E-state index is 11.9. The third-order valence-electron chi connectivity index (χ3n) is 3.01. The van der Waals surface area contributed by atoms with E-state index in [1.54, 1.807) is 6.07 Å². The van der Waals surface area contributed by atoms with Gasteiger partial charge >= 0.3 is 0 Å². The van der Waals surface area contributed by atoms with Gasteiger partial charge in [0.2, 0.25) is 5.91 Å². The van der Waals surface area contributed by atoms with Crippen LogP contribution in [0.1, 0.15) is 32.3 Å². The summed E-state index contributed by atoms with van der Waals surface area (Å²) in [5.41, 5.74) is 1.02. The topological polar surface area (TPSA) is 29.1 Å². The molecule has 0 saturated carbocycles. The van der Waals surface area contributed by atoms with Crippen molar-refractivity contribution in [3.05, 3.63) is 34.9 Å². The zero-order chi connectivity index (χ0) is 14.3. The van der Waals surface area contributed by atoms with Crippen molar-refractivity contribution in [1.29, 1.82) is 0 Å². The van der Waals surface area contributed by atoms with Crippen molar-refractivity contribution in [2.75, 3.05) is 12.4 Å². The zero-order valence-corrected chi connectivity index (χ0v) is 13.0. The predicted molar refractivity (Wildman–Crippen MR) is 81.9 cm³/mol. The number of alkyl halides is 1. The second-order valence-corrected chi connectivity index (χ2v) is 6.35. The first-order valence-corrected chi connectivity index (χ1v) is 7.41. The highest BCUT2D eigenvalue weighted by molar-refractivity contribution is 6.30. The van der Waals surface area contributed by atoms with E-state index in [1.807, 2.05) is 18.2 Å². The Hall–Kier alpha value is -0.730. The molecule has 1 aromatic carbocycles. The van der Waals surface area contributed by atoms with E-state index >= 15 is 0 Å². The van der Waals surface area contributed by atoms with Crippen molar-refractivity contribution in [2.24, 2.45) is 5.41 Å². The Kier molecular flexibility index (Phi) is 6.67. The molecule has 2 nitrogen and oxygen atoms in total. The number of rotatable bonds is 7. The van der Waals surface area contributed by atoms with Crippen LogP contribution < -0.4 is 5.32 Å². The number of nitrogens with one attached hydrogen (secondary N) is 1. The van der Waals surface area contributed by atoms with Crippen molar-refractivity contribution in [2.45, 2.75) is 33.1 Å². The fourth-order valence-electron chi connectivity index (χ4n) is 1.87. The SMILES string of the molecule is CC(C)(CCCCl)CNC(=O)Cc1cccc(Cl)c1. The van der Waals surface area contributed by atoms with Gasteiger partial charge in [-0.15, -0.1) is 11.6 Å². The van der Waals surface area contributed by atoms with E-state index in [4.69, 9.17) is 23.2 Å². The van der Waals surface area contributed by atoms with Crippen molar-refractivity contribution >= 4 is 29.1 Å². The summed E-state index contributed by atoms with van der Waals surface area (Å²) in [7, 11) is 0. The quantitative estimate of drug-likeness (QED) is 0.757. The summed E-state index contributed by atoms with van der Waals surface area (Å²) in [6.07, 6.45) is 2.35. The summed E-state index contributed by atoms with van der Waals surface area (Å²) in [5.74, 6) is 0.695. The number of carbonyl (C=O) groups is 1. The lowest BCUT2D eigenvalue weighted by Gasteiger charge is -2.24. The van der Waals surface area contributed by atoms with Gasteiger partial charge < -0.3 is 5.32 Å². The fourth-order valence-corrected chi connectivity index (χ4v) is 2.21. The maximum absolute atomic E-state index is 11.9. The minimum absolute atomic E-state index is 0.0289. The molecule has 0 heterocycles. The summed E-state index contributed by atoms with van der Waals surface area (Å²) in [6.45, 7) is 4.95. The van der Waals surface area contributed by atoms with Gasteiger partial charge in [0.05, 0.1) is 6.42 Å². The van der Waals surface area contributed by atoms with E-state index in [9.17, 15) is 4.79 Å². The summed E-state index contributed by atoms with van der Waals surface area (Å²) in [5, 5.41) is 3.63. The van der Waals surface area contributed by atoms with Crippen LogP contribution in [0.2, 0.25) is 5.02 Å². The van der Waals surface area contributed by atoms with E-state index < -0.39 is 0 Å². The highest BCUT2D eigenvalue weighted by Gasteiger charge is 2.18. The molecule has 0 aliphatic rings. The number of amides is 1. The van der Waals surface area contributed by atoms with Crippen LogP contribution in [0, 0.1) is 5.41 Å². The van der Waals surface area contributed by atoms with Crippen LogP contribution >= 0.6 is 23.2 Å². The molecule has 106 valence electrons. The predicted octanol–water partition coefficient (Wildman–Crippen LogP) is 4.04. The minimum atomic E-state index is 0.0289. The van der Waals surface area contributed by atoms with Crippen molar-refractivity contribution < 1.29 is 4.79 Å². The molecule has 0 saturated heterocycles. The molecule has 4 heteroatoms. The van der Waals surface area contributed by atoms with Crippen molar-refractivity contribution in [3.63, 3.8) is 0 Å². The highest BCUT2D eigenvalue weighted by atomic mass is 35.5. The van der Waals surface area contributed by atoms with Crippen LogP contribution in [0.15, 0.2) is 24.3 Å². The van der Waals surface area contributed by atoms with Crippen LogP contribution in [0.5, 0.6) is 0 Å². The van der Waals surface area contributed by atoms with Crippen LogP contribution in [0.3, 0.4) is 0 Å². The average Bonchev–Trinajstić information content (AvgIpc) is 2.34. The molecule has 0 aliphatic heterocycles. The molecule has 0 unspecified atom stereocenters. The molecule has 0 radical (unpaired) electrons. The molecule has 1 amide bonds. The number of carbonyl (C=O) groups excluding carboxylic acids is 1.